The summed E-state index contributed by atoms with van der Waals surface area (Å²) in [4.78, 5) is 0. The van der Waals surface area contributed by atoms with Gasteiger partial charge in [-0.15, -0.1) is 11.3 Å². The molecule has 2 aromatic heterocycles. The minimum Gasteiger partial charge on any atom is -0.388 e. The Hall–Kier alpha value is -0.170. The van der Waals surface area contributed by atoms with Crippen molar-refractivity contribution in [3.8, 4) is 0 Å². The SMILES string of the molecule is CCc1nn(C)c(CC(O)c2csc(Br)c2)c1Br. The summed E-state index contributed by atoms with van der Waals surface area (Å²) in [6.45, 7) is 2.07. The third-order valence-electron chi connectivity index (χ3n) is 2.86. The molecule has 0 aliphatic carbocycles. The smallest absolute Gasteiger partial charge is 0.0854 e. The summed E-state index contributed by atoms with van der Waals surface area (Å²) >= 11 is 8.56. The number of aryl methyl sites for hydroxylation is 2. The average Bonchev–Trinajstić information content (AvgIpc) is 2.87. The van der Waals surface area contributed by atoms with E-state index >= 15 is 0 Å². The van der Waals surface area contributed by atoms with Crippen LogP contribution in [0.25, 0.3) is 0 Å². The largest absolute Gasteiger partial charge is 0.388 e. The Morgan fingerprint density at radius 1 is 1.50 bits per heavy atom. The summed E-state index contributed by atoms with van der Waals surface area (Å²) in [5.41, 5.74) is 3.01. The van der Waals surface area contributed by atoms with E-state index in [-0.39, 0.29) is 0 Å². The van der Waals surface area contributed by atoms with E-state index in [4.69, 9.17) is 0 Å². The lowest BCUT2D eigenvalue weighted by molar-refractivity contribution is 0.176. The van der Waals surface area contributed by atoms with E-state index in [1.54, 1.807) is 11.3 Å². The second kappa shape index (κ2) is 5.86. The summed E-state index contributed by atoms with van der Waals surface area (Å²) in [6, 6.07) is 1.96. The van der Waals surface area contributed by atoms with Gasteiger partial charge in [-0.3, -0.25) is 4.68 Å². The van der Waals surface area contributed by atoms with Crippen molar-refractivity contribution in [1.29, 1.82) is 0 Å². The molecule has 0 saturated carbocycles. The zero-order valence-corrected chi connectivity index (χ0v) is 14.1. The van der Waals surface area contributed by atoms with E-state index in [9.17, 15) is 5.11 Å². The molecule has 0 aromatic carbocycles. The van der Waals surface area contributed by atoms with E-state index in [1.165, 1.54) is 0 Å². The highest BCUT2D eigenvalue weighted by atomic mass is 79.9. The highest BCUT2D eigenvalue weighted by Gasteiger charge is 2.18. The fraction of sp³-hybridized carbons (Fsp3) is 0.417. The molecule has 2 aromatic rings. The van der Waals surface area contributed by atoms with Crippen molar-refractivity contribution >= 4 is 43.2 Å². The minimum absolute atomic E-state index is 0.496. The fourth-order valence-electron chi connectivity index (χ4n) is 1.84. The van der Waals surface area contributed by atoms with Crippen molar-refractivity contribution in [3.05, 3.63) is 36.7 Å². The summed E-state index contributed by atoms with van der Waals surface area (Å²) < 4.78 is 3.89. The van der Waals surface area contributed by atoms with Crippen LogP contribution in [0.4, 0.5) is 0 Å². The minimum atomic E-state index is -0.496. The Labute approximate surface area is 127 Å². The molecule has 6 heteroatoms. The van der Waals surface area contributed by atoms with Crippen LogP contribution in [0.15, 0.2) is 19.7 Å². The Bertz CT molecular complexity index is 550. The molecule has 3 nitrogen and oxygen atoms in total. The maximum absolute atomic E-state index is 10.2. The van der Waals surface area contributed by atoms with E-state index < -0.39 is 6.10 Å². The molecule has 0 amide bonds. The molecular formula is C12H14Br2N2OS. The maximum atomic E-state index is 10.2. The average molecular weight is 394 g/mol. The number of nitrogens with zero attached hydrogens (tertiary/aromatic N) is 2. The van der Waals surface area contributed by atoms with Crippen LogP contribution in [0.5, 0.6) is 0 Å². The predicted molar refractivity (Wildman–Crippen MR) is 81.0 cm³/mol. The number of aliphatic hydroxyl groups is 1. The molecule has 1 atom stereocenters. The maximum Gasteiger partial charge on any atom is 0.0854 e. The van der Waals surface area contributed by atoms with E-state index in [2.05, 4.69) is 43.9 Å². The van der Waals surface area contributed by atoms with Gasteiger partial charge in [0.15, 0.2) is 0 Å². The third-order valence-corrected chi connectivity index (χ3v) is 5.30. The van der Waals surface area contributed by atoms with Gasteiger partial charge < -0.3 is 5.11 Å². The standard InChI is InChI=1S/C12H14Br2N2OS/c1-3-8-12(14)9(16(2)15-8)5-10(17)7-4-11(13)18-6-7/h4,6,10,17H,3,5H2,1-2H3. The molecule has 0 aliphatic heterocycles. The van der Waals surface area contributed by atoms with Crippen molar-refractivity contribution < 1.29 is 5.11 Å². The summed E-state index contributed by atoms with van der Waals surface area (Å²) in [5, 5.41) is 16.6. The molecule has 0 fully saturated rings. The molecule has 1 N–H and O–H groups in total. The summed E-state index contributed by atoms with van der Waals surface area (Å²) in [7, 11) is 1.91. The normalized spacial score (nSPS) is 12.9. The van der Waals surface area contributed by atoms with Gasteiger partial charge in [0, 0.05) is 13.5 Å². The van der Waals surface area contributed by atoms with Gasteiger partial charge in [0.1, 0.15) is 0 Å². The van der Waals surface area contributed by atoms with Crippen LogP contribution in [0, 0.1) is 0 Å². The lowest BCUT2D eigenvalue weighted by Crippen LogP contribution is -2.06. The molecule has 0 saturated heterocycles. The van der Waals surface area contributed by atoms with Crippen LogP contribution in [0.2, 0.25) is 0 Å². The second-order valence-electron chi connectivity index (χ2n) is 4.09. The number of rotatable bonds is 4. The zero-order valence-electron chi connectivity index (χ0n) is 10.2. The van der Waals surface area contributed by atoms with E-state index in [0.717, 1.165) is 31.6 Å². The lowest BCUT2D eigenvalue weighted by Gasteiger charge is -2.09. The van der Waals surface area contributed by atoms with Crippen LogP contribution in [0.3, 0.4) is 0 Å². The number of thiophene rings is 1. The molecule has 0 aliphatic rings. The lowest BCUT2D eigenvalue weighted by atomic mass is 10.1. The topological polar surface area (TPSA) is 38.0 Å². The van der Waals surface area contributed by atoms with E-state index in [0.29, 0.717) is 6.42 Å². The molecule has 2 rings (SSSR count). The molecule has 1 unspecified atom stereocenters. The van der Waals surface area contributed by atoms with Crippen molar-refractivity contribution in [3.63, 3.8) is 0 Å². The molecule has 18 heavy (non-hydrogen) atoms. The summed E-state index contributed by atoms with van der Waals surface area (Å²) in [5.74, 6) is 0. The molecular weight excluding hydrogens is 380 g/mol. The Balaban J connectivity index is 2.21. The molecule has 0 spiro atoms. The van der Waals surface area contributed by atoms with Gasteiger partial charge in [-0.2, -0.15) is 5.10 Å². The number of aliphatic hydroxyl groups excluding tert-OH is 1. The van der Waals surface area contributed by atoms with Gasteiger partial charge in [-0.25, -0.2) is 0 Å². The molecule has 2 heterocycles. The Morgan fingerprint density at radius 3 is 2.72 bits per heavy atom. The summed E-state index contributed by atoms with van der Waals surface area (Å²) in [6.07, 6.45) is 0.950. The quantitative estimate of drug-likeness (QED) is 0.856. The Kier molecular flexibility index (Phi) is 4.64. The van der Waals surface area contributed by atoms with Crippen molar-refractivity contribution in [2.75, 3.05) is 0 Å². The van der Waals surface area contributed by atoms with Crippen LogP contribution in [-0.2, 0) is 19.9 Å². The fourth-order valence-corrected chi connectivity index (χ4v) is 3.84. The van der Waals surface area contributed by atoms with Crippen LogP contribution in [-0.4, -0.2) is 14.9 Å². The van der Waals surface area contributed by atoms with E-state index in [1.807, 2.05) is 23.2 Å². The van der Waals surface area contributed by atoms with Gasteiger partial charge in [0.25, 0.3) is 0 Å². The first-order valence-corrected chi connectivity index (χ1v) is 8.11. The van der Waals surface area contributed by atoms with Gasteiger partial charge in [0.05, 0.1) is 25.8 Å². The number of aromatic nitrogens is 2. The van der Waals surface area contributed by atoms with Crippen LogP contribution >= 0.6 is 43.2 Å². The van der Waals surface area contributed by atoms with Crippen molar-refractivity contribution in [2.45, 2.75) is 25.9 Å². The zero-order chi connectivity index (χ0) is 13.3. The first-order valence-electron chi connectivity index (χ1n) is 5.65. The Morgan fingerprint density at radius 2 is 2.22 bits per heavy atom. The highest BCUT2D eigenvalue weighted by molar-refractivity contribution is 9.11. The van der Waals surface area contributed by atoms with Gasteiger partial charge >= 0.3 is 0 Å². The monoisotopic (exact) mass is 392 g/mol. The molecule has 0 radical (unpaired) electrons. The molecule has 98 valence electrons. The van der Waals surface area contributed by atoms with Crippen molar-refractivity contribution in [1.82, 2.24) is 9.78 Å². The van der Waals surface area contributed by atoms with Crippen molar-refractivity contribution in [2.24, 2.45) is 7.05 Å². The predicted octanol–water partition coefficient (Wildman–Crippen LogP) is 3.85. The van der Waals surface area contributed by atoms with Gasteiger partial charge in [-0.05, 0) is 55.3 Å². The van der Waals surface area contributed by atoms with Gasteiger partial charge in [0.2, 0.25) is 0 Å². The number of hydrogen-bond donors (Lipinski definition) is 1. The highest BCUT2D eigenvalue weighted by Crippen LogP contribution is 2.30. The second-order valence-corrected chi connectivity index (χ2v) is 7.17. The first-order chi connectivity index (χ1) is 8.52. The van der Waals surface area contributed by atoms with Gasteiger partial charge in [-0.1, -0.05) is 6.92 Å². The first kappa shape index (κ1) is 14.2. The van der Waals surface area contributed by atoms with Crippen LogP contribution < -0.4 is 0 Å². The number of halogens is 2. The third kappa shape index (κ3) is 2.87. The molecule has 0 bridgehead atoms. The van der Waals surface area contributed by atoms with Crippen LogP contribution in [0.1, 0.15) is 30.0 Å². The number of hydrogen-bond acceptors (Lipinski definition) is 3.